The molecule has 1 aromatic heterocycles. The zero-order valence-corrected chi connectivity index (χ0v) is 17.5. The van der Waals surface area contributed by atoms with Crippen molar-refractivity contribution in [2.45, 2.75) is 55.7 Å². The second-order valence-electron chi connectivity index (χ2n) is 8.98. The Morgan fingerprint density at radius 3 is 2.41 bits per heavy atom. The lowest BCUT2D eigenvalue weighted by Crippen LogP contribution is -2.48. The summed E-state index contributed by atoms with van der Waals surface area (Å²) >= 11 is 1.32. The quantitative estimate of drug-likeness (QED) is 0.693. The van der Waals surface area contributed by atoms with Gasteiger partial charge in [-0.2, -0.15) is 0 Å². The summed E-state index contributed by atoms with van der Waals surface area (Å²) in [5.74, 6) is 4.38. The smallest absolute Gasteiger partial charge is 0.277 e. The molecule has 154 valence electrons. The number of amides is 1. The third kappa shape index (κ3) is 3.89. The molecule has 4 aliphatic rings. The van der Waals surface area contributed by atoms with Crippen LogP contribution in [0.1, 0.15) is 50.0 Å². The van der Waals surface area contributed by atoms with E-state index < -0.39 is 0 Å². The van der Waals surface area contributed by atoms with Crippen molar-refractivity contribution in [1.82, 2.24) is 15.5 Å². The van der Waals surface area contributed by atoms with E-state index in [-0.39, 0.29) is 17.1 Å². The summed E-state index contributed by atoms with van der Waals surface area (Å²) in [7, 11) is 1.64. The lowest BCUT2D eigenvalue weighted by Gasteiger charge is -2.55. The van der Waals surface area contributed by atoms with Crippen LogP contribution in [0.3, 0.4) is 0 Å². The Labute approximate surface area is 175 Å². The Morgan fingerprint density at radius 2 is 1.79 bits per heavy atom. The van der Waals surface area contributed by atoms with Crippen LogP contribution in [0.5, 0.6) is 5.75 Å². The van der Waals surface area contributed by atoms with Crippen LogP contribution in [0.15, 0.2) is 33.9 Å². The predicted molar refractivity (Wildman–Crippen MR) is 110 cm³/mol. The number of aromatic nitrogens is 2. The molecular formula is C22H27N3O3S. The molecule has 1 heterocycles. The minimum atomic E-state index is -0.0413. The molecule has 1 aromatic carbocycles. The normalized spacial score (nSPS) is 29.8. The molecule has 0 saturated heterocycles. The number of thioether (sulfide) groups is 1. The van der Waals surface area contributed by atoms with E-state index in [0.717, 1.165) is 35.0 Å². The molecule has 0 unspecified atom stereocenters. The summed E-state index contributed by atoms with van der Waals surface area (Å²) in [5.41, 5.74) is 1.14. The largest absolute Gasteiger partial charge is 0.497 e. The number of methoxy groups -OCH3 is 1. The highest BCUT2D eigenvalue weighted by molar-refractivity contribution is 7.99. The van der Waals surface area contributed by atoms with Crippen molar-refractivity contribution in [2.24, 2.45) is 17.8 Å². The summed E-state index contributed by atoms with van der Waals surface area (Å²) in [4.78, 5) is 12.2. The summed E-state index contributed by atoms with van der Waals surface area (Å²) in [6.07, 6.45) is 7.78. The molecule has 4 saturated carbocycles. The van der Waals surface area contributed by atoms with E-state index in [4.69, 9.17) is 9.15 Å². The first kappa shape index (κ1) is 19.0. The van der Waals surface area contributed by atoms with Gasteiger partial charge in [0.2, 0.25) is 11.8 Å². The maximum Gasteiger partial charge on any atom is 0.277 e. The van der Waals surface area contributed by atoms with E-state index >= 15 is 0 Å². The van der Waals surface area contributed by atoms with Gasteiger partial charge in [-0.15, -0.1) is 10.2 Å². The molecule has 7 heteroatoms. The first-order chi connectivity index (χ1) is 14.1. The Bertz CT molecular complexity index is 844. The number of nitrogens with one attached hydrogen (secondary N) is 1. The number of nitrogens with zero attached hydrogens (tertiary/aromatic N) is 2. The first-order valence-electron chi connectivity index (χ1n) is 10.5. The molecule has 4 bridgehead atoms. The molecule has 0 spiro atoms. The van der Waals surface area contributed by atoms with Crippen molar-refractivity contribution in [3.05, 3.63) is 35.7 Å². The van der Waals surface area contributed by atoms with Crippen LogP contribution >= 0.6 is 11.8 Å². The van der Waals surface area contributed by atoms with Gasteiger partial charge in [0, 0.05) is 12.0 Å². The summed E-state index contributed by atoms with van der Waals surface area (Å²) in [5, 5.41) is 12.1. The van der Waals surface area contributed by atoms with Gasteiger partial charge in [0.05, 0.1) is 12.9 Å². The molecule has 0 atom stereocenters. The van der Waals surface area contributed by atoms with Crippen LogP contribution in [-0.2, 0) is 16.8 Å². The summed E-state index contributed by atoms with van der Waals surface area (Å²) in [6.45, 7) is 0.492. The molecule has 29 heavy (non-hydrogen) atoms. The van der Waals surface area contributed by atoms with Gasteiger partial charge in [-0.05, 0) is 74.0 Å². The average molecular weight is 414 g/mol. The maximum atomic E-state index is 12.2. The third-order valence-corrected chi connectivity index (χ3v) is 7.69. The number of hydrogen-bond donors (Lipinski definition) is 1. The number of carbonyl (C=O) groups is 1. The molecule has 4 aliphatic carbocycles. The van der Waals surface area contributed by atoms with Gasteiger partial charge >= 0.3 is 0 Å². The number of rotatable bonds is 7. The van der Waals surface area contributed by atoms with E-state index in [0.29, 0.717) is 11.8 Å². The Kier molecular flexibility index (Phi) is 5.02. The predicted octanol–water partition coefficient (Wildman–Crippen LogP) is 3.95. The van der Waals surface area contributed by atoms with E-state index in [2.05, 4.69) is 15.5 Å². The molecule has 2 aromatic rings. The molecule has 6 rings (SSSR count). The van der Waals surface area contributed by atoms with E-state index in [1.807, 2.05) is 24.3 Å². The topological polar surface area (TPSA) is 77.2 Å². The van der Waals surface area contributed by atoms with Crippen LogP contribution < -0.4 is 10.1 Å². The number of ether oxygens (including phenoxy) is 1. The molecular weight excluding hydrogens is 386 g/mol. The van der Waals surface area contributed by atoms with Crippen molar-refractivity contribution < 1.29 is 13.9 Å². The highest BCUT2D eigenvalue weighted by Crippen LogP contribution is 2.60. The highest BCUT2D eigenvalue weighted by atomic mass is 32.2. The van der Waals surface area contributed by atoms with Crippen LogP contribution in [0.4, 0.5) is 0 Å². The fraction of sp³-hybridized carbons (Fsp3) is 0.591. The van der Waals surface area contributed by atoms with Crippen LogP contribution in [0, 0.1) is 17.8 Å². The van der Waals surface area contributed by atoms with Crippen molar-refractivity contribution in [3.8, 4) is 5.75 Å². The van der Waals surface area contributed by atoms with Crippen LogP contribution in [0.25, 0.3) is 0 Å². The van der Waals surface area contributed by atoms with Gasteiger partial charge < -0.3 is 14.5 Å². The molecule has 1 N–H and O–H groups in total. The van der Waals surface area contributed by atoms with Crippen molar-refractivity contribution in [3.63, 3.8) is 0 Å². The fourth-order valence-corrected chi connectivity index (χ4v) is 6.57. The highest BCUT2D eigenvalue weighted by Gasteiger charge is 2.54. The standard InChI is InChI=1S/C22H27N3O3S/c1-27-18-4-2-14(3-5-18)12-23-19(26)13-29-21-25-24-20(28-21)22-9-15-6-16(10-22)8-17(7-15)11-22/h2-5,15-17H,6-13H2,1H3,(H,23,26). The second-order valence-corrected chi connectivity index (χ2v) is 9.91. The van der Waals surface area contributed by atoms with Gasteiger partial charge in [-0.25, -0.2) is 0 Å². The number of carbonyl (C=O) groups excluding carboxylic acids is 1. The second kappa shape index (κ2) is 7.67. The van der Waals surface area contributed by atoms with Crippen LogP contribution in [0.2, 0.25) is 0 Å². The van der Waals surface area contributed by atoms with Crippen molar-refractivity contribution in [2.75, 3.05) is 12.9 Å². The van der Waals surface area contributed by atoms with Gasteiger partial charge in [-0.3, -0.25) is 4.79 Å². The van der Waals surface area contributed by atoms with Gasteiger partial charge in [0.25, 0.3) is 5.22 Å². The molecule has 4 fully saturated rings. The van der Waals surface area contributed by atoms with Crippen LogP contribution in [-0.4, -0.2) is 29.0 Å². The summed E-state index contributed by atoms with van der Waals surface area (Å²) in [6, 6.07) is 7.67. The first-order valence-corrected chi connectivity index (χ1v) is 11.5. The fourth-order valence-electron chi connectivity index (χ4n) is 5.98. The summed E-state index contributed by atoms with van der Waals surface area (Å²) < 4.78 is 11.2. The van der Waals surface area contributed by atoms with Gasteiger partial charge in [0.15, 0.2) is 0 Å². The molecule has 0 aliphatic heterocycles. The molecule has 1 amide bonds. The van der Waals surface area contributed by atoms with Gasteiger partial charge in [-0.1, -0.05) is 23.9 Å². The Morgan fingerprint density at radius 1 is 1.14 bits per heavy atom. The Balaban J connectivity index is 1.14. The van der Waals surface area contributed by atoms with Gasteiger partial charge in [0.1, 0.15) is 5.75 Å². The lowest BCUT2D eigenvalue weighted by molar-refractivity contribution is -0.118. The Hall–Kier alpha value is -2.02. The molecule has 0 radical (unpaired) electrons. The van der Waals surface area contributed by atoms with E-state index in [1.54, 1.807) is 7.11 Å². The minimum Gasteiger partial charge on any atom is -0.497 e. The average Bonchev–Trinajstić information content (AvgIpc) is 3.20. The van der Waals surface area contributed by atoms with Crippen molar-refractivity contribution in [1.29, 1.82) is 0 Å². The maximum absolute atomic E-state index is 12.2. The SMILES string of the molecule is COc1ccc(CNC(=O)CSc2nnc(C34CC5CC(CC(C5)C3)C4)o2)cc1. The molecule has 6 nitrogen and oxygen atoms in total. The zero-order chi connectivity index (χ0) is 19.8. The number of hydrogen-bond acceptors (Lipinski definition) is 6. The van der Waals surface area contributed by atoms with E-state index in [1.165, 1.54) is 50.3 Å². The lowest BCUT2D eigenvalue weighted by atomic mass is 9.49. The van der Waals surface area contributed by atoms with E-state index in [9.17, 15) is 4.79 Å². The monoisotopic (exact) mass is 413 g/mol. The third-order valence-electron chi connectivity index (χ3n) is 6.87. The van der Waals surface area contributed by atoms with Crippen molar-refractivity contribution >= 4 is 17.7 Å². The zero-order valence-electron chi connectivity index (χ0n) is 16.7. The minimum absolute atomic E-state index is 0.0413. The number of benzene rings is 1.